The van der Waals surface area contributed by atoms with E-state index in [-0.39, 0.29) is 18.2 Å². The summed E-state index contributed by atoms with van der Waals surface area (Å²) >= 11 is 1.37. The van der Waals surface area contributed by atoms with E-state index < -0.39 is 5.25 Å². The number of aliphatic imine (C=N–C) groups is 1. The molecule has 2 amide bonds. The number of amides is 2. The molecule has 1 fully saturated rings. The van der Waals surface area contributed by atoms with Gasteiger partial charge in [-0.2, -0.15) is 0 Å². The summed E-state index contributed by atoms with van der Waals surface area (Å²) in [6.45, 7) is 3.46. The van der Waals surface area contributed by atoms with Crippen LogP contribution in [0.1, 0.15) is 13.3 Å². The van der Waals surface area contributed by atoms with Crippen molar-refractivity contribution in [2.75, 3.05) is 30.2 Å². The lowest BCUT2D eigenvalue weighted by Crippen LogP contribution is -2.46. The molecule has 0 aliphatic carbocycles. The van der Waals surface area contributed by atoms with Crippen LogP contribution in [0.2, 0.25) is 0 Å². The molecule has 1 N–H and O–H groups in total. The van der Waals surface area contributed by atoms with Gasteiger partial charge in [0.15, 0.2) is 5.17 Å². The van der Waals surface area contributed by atoms with Crippen LogP contribution in [0.4, 0.5) is 11.4 Å². The van der Waals surface area contributed by atoms with Crippen LogP contribution in [-0.2, 0) is 9.59 Å². The number of ether oxygens (including phenoxy) is 1. The lowest BCUT2D eigenvalue weighted by atomic mass is 10.2. The van der Waals surface area contributed by atoms with E-state index in [2.05, 4.69) is 10.3 Å². The van der Waals surface area contributed by atoms with Gasteiger partial charge in [-0.3, -0.25) is 14.5 Å². The standard InChI is InChI=1S/C21H22N4O3S/c1-2-28-17-10-8-15(9-11-17)23-19(26)12-18-20(27)25-14-24(13-22-21(25)29-18)16-6-4-3-5-7-16/h3-11,18H,2,12-14H2,1H3,(H,23,26)/t18-/m1/s1. The van der Waals surface area contributed by atoms with E-state index in [1.165, 1.54) is 11.8 Å². The number of benzene rings is 2. The van der Waals surface area contributed by atoms with Crippen molar-refractivity contribution in [3.8, 4) is 5.75 Å². The van der Waals surface area contributed by atoms with Crippen LogP contribution < -0.4 is 15.0 Å². The highest BCUT2D eigenvalue weighted by Gasteiger charge is 2.41. The zero-order valence-electron chi connectivity index (χ0n) is 16.1. The molecular weight excluding hydrogens is 388 g/mol. The number of carbonyl (C=O) groups excluding carboxylic acids is 2. The van der Waals surface area contributed by atoms with Crippen molar-refractivity contribution in [1.82, 2.24) is 4.90 Å². The molecule has 2 aromatic rings. The molecule has 0 radical (unpaired) electrons. The Bertz CT molecular complexity index is 917. The third-order valence-corrected chi connectivity index (χ3v) is 5.86. The summed E-state index contributed by atoms with van der Waals surface area (Å²) < 4.78 is 5.40. The molecular formula is C21H22N4O3S. The Morgan fingerprint density at radius 2 is 1.97 bits per heavy atom. The van der Waals surface area contributed by atoms with Crippen LogP contribution >= 0.6 is 11.8 Å². The van der Waals surface area contributed by atoms with E-state index in [4.69, 9.17) is 4.74 Å². The number of para-hydroxylation sites is 1. The van der Waals surface area contributed by atoms with Crippen LogP contribution in [0.15, 0.2) is 59.6 Å². The van der Waals surface area contributed by atoms with Gasteiger partial charge in [-0.25, -0.2) is 4.99 Å². The van der Waals surface area contributed by atoms with E-state index in [1.807, 2.05) is 54.3 Å². The van der Waals surface area contributed by atoms with E-state index in [1.54, 1.807) is 17.0 Å². The third kappa shape index (κ3) is 4.37. The fourth-order valence-electron chi connectivity index (χ4n) is 3.24. The summed E-state index contributed by atoms with van der Waals surface area (Å²) in [7, 11) is 0. The minimum absolute atomic E-state index is 0.0729. The molecule has 1 atom stereocenters. The second-order valence-corrected chi connectivity index (χ2v) is 7.85. The van der Waals surface area contributed by atoms with E-state index >= 15 is 0 Å². The minimum atomic E-state index is -0.452. The minimum Gasteiger partial charge on any atom is -0.494 e. The van der Waals surface area contributed by atoms with Crippen LogP contribution in [0.5, 0.6) is 5.75 Å². The lowest BCUT2D eigenvalue weighted by molar-refractivity contribution is -0.128. The van der Waals surface area contributed by atoms with E-state index in [0.717, 1.165) is 11.4 Å². The topological polar surface area (TPSA) is 74.2 Å². The lowest BCUT2D eigenvalue weighted by Gasteiger charge is -2.32. The van der Waals surface area contributed by atoms with Crippen molar-refractivity contribution in [3.05, 3.63) is 54.6 Å². The van der Waals surface area contributed by atoms with Gasteiger partial charge in [-0.1, -0.05) is 30.0 Å². The molecule has 4 rings (SSSR count). The van der Waals surface area contributed by atoms with Crippen LogP contribution in [0.3, 0.4) is 0 Å². The van der Waals surface area contributed by atoms with Gasteiger partial charge in [-0.05, 0) is 43.3 Å². The molecule has 2 aliphatic heterocycles. The molecule has 0 unspecified atom stereocenters. The average Bonchev–Trinajstić information content (AvgIpc) is 3.05. The summed E-state index contributed by atoms with van der Waals surface area (Å²) in [5.74, 6) is 0.487. The highest BCUT2D eigenvalue weighted by atomic mass is 32.2. The predicted molar refractivity (Wildman–Crippen MR) is 115 cm³/mol. The van der Waals surface area contributed by atoms with Gasteiger partial charge in [-0.15, -0.1) is 0 Å². The Hall–Kier alpha value is -3.00. The summed E-state index contributed by atoms with van der Waals surface area (Å²) in [4.78, 5) is 33.5. The first-order valence-corrected chi connectivity index (χ1v) is 10.4. The molecule has 2 heterocycles. The van der Waals surface area contributed by atoms with Gasteiger partial charge in [0.25, 0.3) is 0 Å². The zero-order valence-corrected chi connectivity index (χ0v) is 16.9. The normalized spacial score (nSPS) is 18.3. The monoisotopic (exact) mass is 410 g/mol. The van der Waals surface area contributed by atoms with Crippen molar-refractivity contribution in [1.29, 1.82) is 0 Å². The van der Waals surface area contributed by atoms with Crippen molar-refractivity contribution in [3.63, 3.8) is 0 Å². The van der Waals surface area contributed by atoms with Crippen molar-refractivity contribution >= 4 is 40.1 Å². The molecule has 0 aromatic heterocycles. The maximum Gasteiger partial charge on any atom is 0.244 e. The van der Waals surface area contributed by atoms with Crippen LogP contribution in [-0.4, -0.2) is 47.1 Å². The Balaban J connectivity index is 1.35. The molecule has 2 aliphatic rings. The second kappa shape index (κ2) is 8.57. The smallest absolute Gasteiger partial charge is 0.244 e. The SMILES string of the molecule is CCOc1ccc(NC(=O)C[C@H]2SC3=NCN(c4ccccc4)CN3C2=O)cc1. The quantitative estimate of drug-likeness (QED) is 0.792. The Morgan fingerprint density at radius 1 is 1.21 bits per heavy atom. The third-order valence-electron chi connectivity index (χ3n) is 4.65. The van der Waals surface area contributed by atoms with Crippen molar-refractivity contribution in [2.24, 2.45) is 4.99 Å². The number of nitrogens with zero attached hydrogens (tertiary/aromatic N) is 3. The Kier molecular flexibility index (Phi) is 5.71. The number of nitrogens with one attached hydrogen (secondary N) is 1. The maximum absolute atomic E-state index is 12.8. The summed E-state index contributed by atoms with van der Waals surface area (Å²) in [5, 5.41) is 3.09. The summed E-state index contributed by atoms with van der Waals surface area (Å²) in [6, 6.07) is 17.1. The Morgan fingerprint density at radius 3 is 2.69 bits per heavy atom. The number of amidine groups is 1. The van der Waals surface area contributed by atoms with E-state index in [0.29, 0.717) is 30.8 Å². The van der Waals surface area contributed by atoms with Crippen molar-refractivity contribution < 1.29 is 14.3 Å². The highest BCUT2D eigenvalue weighted by Crippen LogP contribution is 2.33. The van der Waals surface area contributed by atoms with Gasteiger partial charge in [0.1, 0.15) is 24.3 Å². The fourth-order valence-corrected chi connectivity index (χ4v) is 4.36. The van der Waals surface area contributed by atoms with Gasteiger partial charge < -0.3 is 15.0 Å². The number of thioether (sulfide) groups is 1. The Labute approximate surface area is 173 Å². The number of rotatable bonds is 6. The number of hydrogen-bond donors (Lipinski definition) is 1. The maximum atomic E-state index is 12.8. The van der Waals surface area contributed by atoms with Gasteiger partial charge in [0.05, 0.1) is 6.61 Å². The predicted octanol–water partition coefficient (Wildman–Crippen LogP) is 3.15. The molecule has 150 valence electrons. The first kappa shape index (κ1) is 19.3. The molecule has 29 heavy (non-hydrogen) atoms. The summed E-state index contributed by atoms with van der Waals surface area (Å²) in [6.07, 6.45) is 0.109. The highest BCUT2D eigenvalue weighted by molar-refractivity contribution is 8.15. The average molecular weight is 410 g/mol. The molecule has 7 nitrogen and oxygen atoms in total. The molecule has 1 saturated heterocycles. The molecule has 0 bridgehead atoms. The molecule has 0 saturated carbocycles. The van der Waals surface area contributed by atoms with E-state index in [9.17, 15) is 9.59 Å². The number of anilines is 2. The first-order valence-electron chi connectivity index (χ1n) is 9.49. The van der Waals surface area contributed by atoms with Crippen LogP contribution in [0.25, 0.3) is 0 Å². The fraction of sp³-hybridized carbons (Fsp3) is 0.286. The number of carbonyl (C=O) groups is 2. The molecule has 8 heteroatoms. The van der Waals surface area contributed by atoms with Gasteiger partial charge in [0, 0.05) is 17.8 Å². The second-order valence-electron chi connectivity index (χ2n) is 6.68. The van der Waals surface area contributed by atoms with Crippen LogP contribution in [0, 0.1) is 0 Å². The van der Waals surface area contributed by atoms with Crippen molar-refractivity contribution in [2.45, 2.75) is 18.6 Å². The summed E-state index contributed by atoms with van der Waals surface area (Å²) in [5.41, 5.74) is 1.70. The largest absolute Gasteiger partial charge is 0.494 e. The number of fused-ring (bicyclic) bond motifs is 1. The zero-order chi connectivity index (χ0) is 20.2. The van der Waals surface area contributed by atoms with Gasteiger partial charge >= 0.3 is 0 Å². The van der Waals surface area contributed by atoms with Gasteiger partial charge in [0.2, 0.25) is 11.8 Å². The molecule has 0 spiro atoms. The molecule has 2 aromatic carbocycles. The first-order chi connectivity index (χ1) is 14.1. The number of hydrogen-bond acceptors (Lipinski definition) is 6.